The average molecular weight is 640 g/mol. The number of nitrogens with one attached hydrogen (secondary N) is 1. The van der Waals surface area contributed by atoms with Crippen molar-refractivity contribution in [1.82, 2.24) is 24.9 Å². The zero-order chi connectivity index (χ0) is 33.6. The molecular formula is C36H57N5O5. The largest absolute Gasteiger partial charge is 0.459 e. The van der Waals surface area contributed by atoms with Crippen LogP contribution in [-0.2, 0) is 30.5 Å². The van der Waals surface area contributed by atoms with E-state index in [9.17, 15) is 19.2 Å². The monoisotopic (exact) mass is 639 g/mol. The Morgan fingerprint density at radius 3 is 2.22 bits per heavy atom. The predicted molar refractivity (Wildman–Crippen MR) is 179 cm³/mol. The molecule has 0 saturated carbocycles. The minimum atomic E-state index is -0.676. The molecule has 5 atom stereocenters. The van der Waals surface area contributed by atoms with Gasteiger partial charge in [0.05, 0.1) is 12.1 Å². The molecule has 0 radical (unpaired) electrons. The van der Waals surface area contributed by atoms with Crippen LogP contribution in [0.25, 0.3) is 0 Å². The smallest absolute Gasteiger partial charge is 0.329 e. The number of carbonyl (C=O) groups is 4. The molecule has 46 heavy (non-hydrogen) atoms. The van der Waals surface area contributed by atoms with Gasteiger partial charge in [0.15, 0.2) is 0 Å². The average Bonchev–Trinajstić information content (AvgIpc) is 3.70. The number of amides is 3. The summed E-state index contributed by atoms with van der Waals surface area (Å²) in [6.45, 7) is 13.1. The number of piperidine rings is 1. The van der Waals surface area contributed by atoms with Crippen LogP contribution < -0.4 is 5.32 Å². The van der Waals surface area contributed by atoms with Gasteiger partial charge in [0, 0.05) is 26.2 Å². The van der Waals surface area contributed by atoms with E-state index in [1.807, 2.05) is 65.2 Å². The predicted octanol–water partition coefficient (Wildman–Crippen LogP) is 3.68. The summed E-state index contributed by atoms with van der Waals surface area (Å²) in [5, 5.41) is 3.14. The summed E-state index contributed by atoms with van der Waals surface area (Å²) in [5.41, 5.74) is 0.434. The summed E-state index contributed by atoms with van der Waals surface area (Å²) in [4.78, 5) is 62.5. The number of nitrogens with zero attached hydrogens (tertiary/aromatic N) is 4. The Balaban J connectivity index is 1.42. The number of benzene rings is 1. The van der Waals surface area contributed by atoms with Crippen LogP contribution in [0.2, 0.25) is 0 Å². The summed E-state index contributed by atoms with van der Waals surface area (Å²) in [6, 6.07) is 7.61. The molecule has 4 rings (SSSR count). The second-order valence-corrected chi connectivity index (χ2v) is 15.0. The highest BCUT2D eigenvalue weighted by Gasteiger charge is 2.44. The van der Waals surface area contributed by atoms with E-state index in [2.05, 4.69) is 29.0 Å². The maximum absolute atomic E-state index is 14.2. The minimum absolute atomic E-state index is 0.0235. The molecule has 256 valence electrons. The Bertz CT molecular complexity index is 1200. The van der Waals surface area contributed by atoms with Crippen molar-refractivity contribution in [2.45, 2.75) is 116 Å². The molecule has 1 aromatic rings. The molecule has 3 aliphatic heterocycles. The van der Waals surface area contributed by atoms with Gasteiger partial charge >= 0.3 is 5.97 Å². The molecule has 3 saturated heterocycles. The van der Waals surface area contributed by atoms with Gasteiger partial charge < -0.3 is 19.9 Å². The van der Waals surface area contributed by atoms with Crippen LogP contribution in [-0.4, -0.2) is 114 Å². The fourth-order valence-corrected chi connectivity index (χ4v) is 7.30. The van der Waals surface area contributed by atoms with E-state index in [-0.39, 0.29) is 54.3 Å². The lowest BCUT2D eigenvalue weighted by molar-refractivity contribution is -0.156. The van der Waals surface area contributed by atoms with Crippen LogP contribution in [0, 0.1) is 11.3 Å². The maximum Gasteiger partial charge on any atom is 0.329 e. The van der Waals surface area contributed by atoms with Crippen LogP contribution in [0.4, 0.5) is 0 Å². The Morgan fingerprint density at radius 1 is 0.913 bits per heavy atom. The molecule has 3 amide bonds. The van der Waals surface area contributed by atoms with Gasteiger partial charge in [-0.15, -0.1) is 0 Å². The molecule has 0 aromatic heterocycles. The molecule has 0 aliphatic carbocycles. The van der Waals surface area contributed by atoms with Gasteiger partial charge in [-0.05, 0) is 75.6 Å². The molecule has 3 fully saturated rings. The van der Waals surface area contributed by atoms with Gasteiger partial charge in [-0.3, -0.25) is 24.2 Å². The van der Waals surface area contributed by atoms with Gasteiger partial charge in [0.1, 0.15) is 18.7 Å². The molecule has 1 aromatic carbocycles. The van der Waals surface area contributed by atoms with E-state index >= 15 is 0 Å². The normalized spacial score (nSPS) is 24.1. The first-order chi connectivity index (χ1) is 21.8. The number of esters is 1. The summed E-state index contributed by atoms with van der Waals surface area (Å²) >= 11 is 0. The molecule has 0 spiro atoms. The maximum atomic E-state index is 14.2. The summed E-state index contributed by atoms with van der Waals surface area (Å²) < 4.78 is 5.63. The first-order valence-corrected chi connectivity index (χ1v) is 17.3. The lowest BCUT2D eigenvalue weighted by Gasteiger charge is -2.41. The zero-order valence-electron chi connectivity index (χ0n) is 29.2. The van der Waals surface area contributed by atoms with Crippen LogP contribution >= 0.6 is 0 Å². The number of ether oxygens (including phenoxy) is 1. The minimum Gasteiger partial charge on any atom is -0.459 e. The molecule has 10 heteroatoms. The highest BCUT2D eigenvalue weighted by Crippen LogP contribution is 2.29. The SMILES string of the molecule is CC(C)C(CN1CCCC1C(=O)N1CCCC1C(=O)OCc1ccccc1)N(C)C(=O)C(NC(=O)C1CCCCN1C)C(C)(C)C. The van der Waals surface area contributed by atoms with Crippen molar-refractivity contribution in [3.05, 3.63) is 35.9 Å². The van der Waals surface area contributed by atoms with Gasteiger partial charge in [0.25, 0.3) is 0 Å². The zero-order valence-corrected chi connectivity index (χ0v) is 29.2. The number of likely N-dealkylation sites (N-methyl/N-ethyl adjacent to an activating group) is 2. The molecule has 3 heterocycles. The molecule has 1 N–H and O–H groups in total. The standard InChI is InChI=1S/C36H57N5O5/c1-25(2)30(39(7)34(44)31(36(3,4)5)37-32(42)27-17-11-12-20-38(27)6)23-40-21-13-18-28(40)33(43)41-22-14-19-29(41)35(45)46-24-26-15-9-8-10-16-26/h8-10,15-16,25,27-31H,11-14,17-24H2,1-7H3,(H,37,42). The van der Waals surface area contributed by atoms with E-state index in [0.717, 1.165) is 57.2 Å². The molecular weight excluding hydrogens is 582 g/mol. The number of likely N-dealkylation sites (tertiary alicyclic amines) is 3. The lowest BCUT2D eigenvalue weighted by atomic mass is 9.84. The van der Waals surface area contributed by atoms with Crippen molar-refractivity contribution in [2.24, 2.45) is 11.3 Å². The van der Waals surface area contributed by atoms with Crippen molar-refractivity contribution in [2.75, 3.05) is 40.3 Å². The van der Waals surface area contributed by atoms with E-state index in [1.165, 1.54) is 0 Å². The van der Waals surface area contributed by atoms with Crippen molar-refractivity contribution >= 4 is 23.7 Å². The third kappa shape index (κ3) is 8.68. The summed E-state index contributed by atoms with van der Waals surface area (Å²) in [7, 11) is 3.81. The summed E-state index contributed by atoms with van der Waals surface area (Å²) in [6.07, 6.45) is 5.86. The number of hydrogen-bond acceptors (Lipinski definition) is 7. The van der Waals surface area contributed by atoms with Gasteiger partial charge in [0.2, 0.25) is 17.7 Å². The Morgan fingerprint density at radius 2 is 1.57 bits per heavy atom. The number of hydrogen-bond donors (Lipinski definition) is 1. The molecule has 10 nitrogen and oxygen atoms in total. The highest BCUT2D eigenvalue weighted by molar-refractivity contribution is 5.91. The van der Waals surface area contributed by atoms with Crippen molar-refractivity contribution in [1.29, 1.82) is 0 Å². The van der Waals surface area contributed by atoms with E-state index in [4.69, 9.17) is 4.74 Å². The van der Waals surface area contributed by atoms with E-state index < -0.39 is 17.5 Å². The van der Waals surface area contributed by atoms with Gasteiger partial charge in [-0.1, -0.05) is 71.4 Å². The topological polar surface area (TPSA) is 103 Å². The molecule has 0 bridgehead atoms. The fraction of sp³-hybridized carbons (Fsp3) is 0.722. The Kier molecular flexibility index (Phi) is 12.3. The first kappa shape index (κ1) is 35.9. The Labute approximate surface area is 276 Å². The highest BCUT2D eigenvalue weighted by atomic mass is 16.5. The van der Waals surface area contributed by atoms with Gasteiger partial charge in [-0.25, -0.2) is 4.79 Å². The first-order valence-electron chi connectivity index (χ1n) is 17.3. The van der Waals surface area contributed by atoms with E-state index in [0.29, 0.717) is 19.5 Å². The third-order valence-corrected chi connectivity index (χ3v) is 10.2. The Hall–Kier alpha value is -2.98. The third-order valence-electron chi connectivity index (χ3n) is 10.2. The van der Waals surface area contributed by atoms with Crippen molar-refractivity contribution in [3.63, 3.8) is 0 Å². The van der Waals surface area contributed by atoms with Gasteiger partial charge in [-0.2, -0.15) is 0 Å². The van der Waals surface area contributed by atoms with Crippen LogP contribution in [0.1, 0.15) is 85.1 Å². The fourth-order valence-electron chi connectivity index (χ4n) is 7.30. The number of rotatable bonds is 11. The summed E-state index contributed by atoms with van der Waals surface area (Å²) in [5.74, 6) is -0.444. The quantitative estimate of drug-likeness (QED) is 0.369. The molecule has 5 unspecified atom stereocenters. The van der Waals surface area contributed by atoms with E-state index in [1.54, 1.807) is 9.80 Å². The van der Waals surface area contributed by atoms with Crippen molar-refractivity contribution in [3.8, 4) is 0 Å². The second kappa shape index (κ2) is 15.7. The molecule has 3 aliphatic rings. The van der Waals surface area contributed by atoms with Crippen molar-refractivity contribution < 1.29 is 23.9 Å². The lowest BCUT2D eigenvalue weighted by Crippen LogP contribution is -2.61. The number of carbonyl (C=O) groups excluding carboxylic acids is 4. The van der Waals surface area contributed by atoms with Crippen LogP contribution in [0.15, 0.2) is 30.3 Å². The van der Waals surface area contributed by atoms with Crippen LogP contribution in [0.5, 0.6) is 0 Å². The van der Waals surface area contributed by atoms with Crippen LogP contribution in [0.3, 0.4) is 0 Å². The second-order valence-electron chi connectivity index (χ2n) is 15.0.